The molecule has 1 aliphatic heterocycles. The second-order valence-corrected chi connectivity index (χ2v) is 8.20. The molecule has 2 amide bonds. The molecule has 0 spiro atoms. The Morgan fingerprint density at radius 1 is 1.03 bits per heavy atom. The zero-order valence-electron chi connectivity index (χ0n) is 18.9. The fourth-order valence-corrected chi connectivity index (χ4v) is 4.07. The molecule has 1 aliphatic rings. The highest BCUT2D eigenvalue weighted by Gasteiger charge is 2.17. The lowest BCUT2D eigenvalue weighted by Gasteiger charge is -2.25. The van der Waals surface area contributed by atoms with Gasteiger partial charge in [0.15, 0.2) is 11.1 Å². The van der Waals surface area contributed by atoms with Crippen LogP contribution in [0.3, 0.4) is 0 Å². The highest BCUT2D eigenvalue weighted by Crippen LogP contribution is 2.27. The van der Waals surface area contributed by atoms with E-state index in [1.54, 1.807) is 22.9 Å². The molecular weight excluding hydrogens is 446 g/mol. The van der Waals surface area contributed by atoms with Crippen LogP contribution in [0.25, 0.3) is 16.7 Å². The maximum Gasteiger partial charge on any atom is 0.323 e. The summed E-state index contributed by atoms with van der Waals surface area (Å²) in [5, 5.41) is 9.29. The number of para-hydroxylation sites is 2. The molecular formula is C25H25N7O3. The number of benzene rings is 2. The minimum Gasteiger partial charge on any atom is -0.488 e. The van der Waals surface area contributed by atoms with E-state index in [2.05, 4.69) is 25.9 Å². The number of nitrogens with one attached hydrogen (secondary N) is 3. The van der Waals surface area contributed by atoms with E-state index in [0.29, 0.717) is 22.8 Å². The Kier molecular flexibility index (Phi) is 6.27. The van der Waals surface area contributed by atoms with Gasteiger partial charge in [0, 0.05) is 23.6 Å². The van der Waals surface area contributed by atoms with Crippen molar-refractivity contribution >= 4 is 34.3 Å². The Bertz CT molecular complexity index is 1410. The van der Waals surface area contributed by atoms with Gasteiger partial charge >= 0.3 is 6.03 Å². The first-order chi connectivity index (χ1) is 17.1. The third-order valence-corrected chi connectivity index (χ3v) is 5.82. The number of hydrogen-bond acceptors (Lipinski definition) is 7. The first-order valence-electron chi connectivity index (χ1n) is 11.4. The van der Waals surface area contributed by atoms with E-state index in [4.69, 9.17) is 10.5 Å². The van der Waals surface area contributed by atoms with Crippen LogP contribution in [0.2, 0.25) is 0 Å². The largest absolute Gasteiger partial charge is 0.488 e. The summed E-state index contributed by atoms with van der Waals surface area (Å²) < 4.78 is 7.87. The zero-order chi connectivity index (χ0) is 24.2. The van der Waals surface area contributed by atoms with E-state index in [-0.39, 0.29) is 28.8 Å². The minimum absolute atomic E-state index is 0.125. The van der Waals surface area contributed by atoms with E-state index < -0.39 is 0 Å². The molecule has 178 valence electrons. The molecule has 0 aliphatic carbocycles. The van der Waals surface area contributed by atoms with Crippen molar-refractivity contribution in [2.45, 2.75) is 18.9 Å². The van der Waals surface area contributed by atoms with Crippen LogP contribution >= 0.6 is 0 Å². The van der Waals surface area contributed by atoms with Crippen molar-refractivity contribution in [2.24, 2.45) is 0 Å². The first-order valence-corrected chi connectivity index (χ1v) is 11.4. The molecule has 10 heteroatoms. The number of piperidine rings is 1. The molecule has 1 fully saturated rings. The second-order valence-electron chi connectivity index (χ2n) is 8.20. The van der Waals surface area contributed by atoms with Gasteiger partial charge in [-0.2, -0.15) is 0 Å². The third kappa shape index (κ3) is 4.92. The van der Waals surface area contributed by atoms with Gasteiger partial charge < -0.3 is 31.0 Å². The van der Waals surface area contributed by atoms with Crippen molar-refractivity contribution in [3.05, 3.63) is 77.3 Å². The van der Waals surface area contributed by atoms with Crippen molar-refractivity contribution in [3.63, 3.8) is 0 Å². The standard InChI is InChI=1S/C25H25N7O3/c26-23-22-20(33)11-14-32(24(22)29-15-28-23)17-7-5-16(6-8-17)30-25(34)31-19-3-1-2-4-21(19)35-18-9-12-27-13-10-18/h1-8,11,14-15,18,27H,9-10,12-13H2,(H2,26,28,29)(H2,30,31,34). The molecule has 0 atom stereocenters. The monoisotopic (exact) mass is 471 g/mol. The molecule has 0 bridgehead atoms. The third-order valence-electron chi connectivity index (χ3n) is 5.82. The molecule has 0 saturated carbocycles. The number of aromatic nitrogens is 3. The number of pyridine rings is 1. The summed E-state index contributed by atoms with van der Waals surface area (Å²) in [6, 6.07) is 15.6. The highest BCUT2D eigenvalue weighted by atomic mass is 16.5. The van der Waals surface area contributed by atoms with Gasteiger partial charge in [-0.05, 0) is 62.3 Å². The van der Waals surface area contributed by atoms with E-state index in [1.807, 2.05) is 36.4 Å². The molecule has 0 radical (unpaired) electrons. The van der Waals surface area contributed by atoms with E-state index in [9.17, 15) is 9.59 Å². The summed E-state index contributed by atoms with van der Waals surface area (Å²) in [4.78, 5) is 33.0. The van der Waals surface area contributed by atoms with E-state index >= 15 is 0 Å². The Hall–Kier alpha value is -4.44. The fraction of sp³-hybridized carbons (Fsp3) is 0.200. The number of rotatable bonds is 5. The van der Waals surface area contributed by atoms with Gasteiger partial charge in [0.1, 0.15) is 29.4 Å². The Balaban J connectivity index is 1.29. The molecule has 3 heterocycles. The van der Waals surface area contributed by atoms with Crippen molar-refractivity contribution in [2.75, 3.05) is 29.5 Å². The lowest BCUT2D eigenvalue weighted by Crippen LogP contribution is -2.34. The molecule has 2 aromatic carbocycles. The Morgan fingerprint density at radius 2 is 1.80 bits per heavy atom. The number of fused-ring (bicyclic) bond motifs is 1. The summed E-state index contributed by atoms with van der Waals surface area (Å²) in [5.41, 5.74) is 8.01. The fourth-order valence-electron chi connectivity index (χ4n) is 4.07. The maximum absolute atomic E-state index is 12.7. The number of amides is 2. The number of urea groups is 1. The minimum atomic E-state index is -0.381. The number of carbonyl (C=O) groups is 1. The topological polar surface area (TPSA) is 136 Å². The number of nitrogen functional groups attached to an aromatic ring is 1. The maximum atomic E-state index is 12.7. The van der Waals surface area contributed by atoms with Gasteiger partial charge in [-0.25, -0.2) is 14.8 Å². The van der Waals surface area contributed by atoms with Crippen LogP contribution in [0.5, 0.6) is 5.75 Å². The van der Waals surface area contributed by atoms with Gasteiger partial charge in [-0.1, -0.05) is 12.1 Å². The molecule has 2 aromatic heterocycles. The Morgan fingerprint density at radius 3 is 2.60 bits per heavy atom. The molecule has 5 rings (SSSR count). The van der Waals surface area contributed by atoms with Crippen molar-refractivity contribution in [3.8, 4) is 11.4 Å². The van der Waals surface area contributed by atoms with Gasteiger partial charge in [-0.15, -0.1) is 0 Å². The highest BCUT2D eigenvalue weighted by molar-refractivity contribution is 6.00. The lowest BCUT2D eigenvalue weighted by molar-refractivity contribution is 0.163. The number of ether oxygens (including phenoxy) is 1. The predicted octanol–water partition coefficient (Wildman–Crippen LogP) is 3.14. The number of anilines is 3. The van der Waals surface area contributed by atoms with Gasteiger partial charge in [0.2, 0.25) is 0 Å². The number of nitrogens with zero attached hydrogens (tertiary/aromatic N) is 3. The molecule has 0 unspecified atom stereocenters. The molecule has 5 N–H and O–H groups in total. The van der Waals surface area contributed by atoms with E-state index in [0.717, 1.165) is 31.6 Å². The Labute approximate surface area is 201 Å². The average Bonchev–Trinajstić information content (AvgIpc) is 2.87. The van der Waals surface area contributed by atoms with Crippen molar-refractivity contribution < 1.29 is 9.53 Å². The normalized spacial score (nSPS) is 13.9. The molecule has 4 aromatic rings. The van der Waals surface area contributed by atoms with Crippen molar-refractivity contribution in [1.82, 2.24) is 19.9 Å². The first kappa shape index (κ1) is 22.4. The van der Waals surface area contributed by atoms with Crippen LogP contribution in [-0.2, 0) is 0 Å². The quantitative estimate of drug-likeness (QED) is 0.351. The average molecular weight is 472 g/mol. The van der Waals surface area contributed by atoms with E-state index in [1.165, 1.54) is 12.4 Å². The number of nitrogens with two attached hydrogens (primary N) is 1. The van der Waals surface area contributed by atoms with Crippen LogP contribution < -0.4 is 31.8 Å². The number of carbonyl (C=O) groups excluding carboxylic acids is 1. The number of hydrogen-bond donors (Lipinski definition) is 4. The molecule has 1 saturated heterocycles. The van der Waals surface area contributed by atoms with Gasteiger partial charge in [0.25, 0.3) is 0 Å². The SMILES string of the molecule is Nc1ncnc2c1c(=O)ccn2-c1ccc(NC(=O)Nc2ccccc2OC2CCNCC2)cc1. The van der Waals surface area contributed by atoms with Crippen LogP contribution in [-0.4, -0.2) is 39.8 Å². The smallest absolute Gasteiger partial charge is 0.323 e. The summed E-state index contributed by atoms with van der Waals surface area (Å²) in [6.45, 7) is 1.85. The second kappa shape index (κ2) is 9.82. The predicted molar refractivity (Wildman–Crippen MR) is 135 cm³/mol. The van der Waals surface area contributed by atoms with Crippen LogP contribution in [0.15, 0.2) is 71.9 Å². The van der Waals surface area contributed by atoms with Gasteiger partial charge in [0.05, 0.1) is 5.69 Å². The summed E-state index contributed by atoms with van der Waals surface area (Å²) in [5.74, 6) is 0.782. The zero-order valence-corrected chi connectivity index (χ0v) is 18.9. The van der Waals surface area contributed by atoms with Crippen LogP contribution in [0.1, 0.15) is 12.8 Å². The lowest BCUT2D eigenvalue weighted by atomic mass is 10.1. The van der Waals surface area contributed by atoms with Gasteiger partial charge in [-0.3, -0.25) is 4.79 Å². The molecule has 10 nitrogen and oxygen atoms in total. The van der Waals surface area contributed by atoms with Crippen LogP contribution in [0.4, 0.5) is 22.0 Å². The molecule has 35 heavy (non-hydrogen) atoms. The summed E-state index contributed by atoms with van der Waals surface area (Å²) in [6.07, 6.45) is 4.93. The summed E-state index contributed by atoms with van der Waals surface area (Å²) >= 11 is 0. The summed E-state index contributed by atoms with van der Waals surface area (Å²) in [7, 11) is 0. The van der Waals surface area contributed by atoms with Crippen LogP contribution in [0, 0.1) is 0 Å². The van der Waals surface area contributed by atoms with Crippen molar-refractivity contribution in [1.29, 1.82) is 0 Å².